The molecule has 0 bridgehead atoms. The number of benzene rings is 1. The maximum Gasteiger partial charge on any atom is 0.329 e. The molecule has 1 fully saturated rings. The van der Waals surface area contributed by atoms with Gasteiger partial charge >= 0.3 is 6.03 Å². The van der Waals surface area contributed by atoms with Crippen LogP contribution < -0.4 is 10.2 Å². The van der Waals surface area contributed by atoms with Crippen LogP contribution in [0.1, 0.15) is 26.3 Å². The van der Waals surface area contributed by atoms with Crippen molar-refractivity contribution in [2.75, 3.05) is 4.90 Å². The minimum atomic E-state index is -0.821. The van der Waals surface area contributed by atoms with Gasteiger partial charge in [0.25, 0.3) is 5.91 Å². The van der Waals surface area contributed by atoms with Crippen LogP contribution in [0.3, 0.4) is 0 Å². The molecular formula is C13H16N2O2. The van der Waals surface area contributed by atoms with Gasteiger partial charge in [-0.25, -0.2) is 9.69 Å². The average molecular weight is 232 g/mol. The van der Waals surface area contributed by atoms with Crippen molar-refractivity contribution in [2.45, 2.75) is 32.7 Å². The minimum absolute atomic E-state index is 0.205. The highest BCUT2D eigenvalue weighted by molar-refractivity contribution is 6.23. The van der Waals surface area contributed by atoms with Crippen molar-refractivity contribution in [3.05, 3.63) is 29.8 Å². The highest BCUT2D eigenvalue weighted by atomic mass is 16.2. The molecule has 0 saturated carbocycles. The van der Waals surface area contributed by atoms with Crippen LogP contribution in [-0.4, -0.2) is 17.5 Å². The van der Waals surface area contributed by atoms with E-state index in [1.165, 1.54) is 4.90 Å². The van der Waals surface area contributed by atoms with Crippen molar-refractivity contribution >= 4 is 17.6 Å². The number of urea groups is 1. The van der Waals surface area contributed by atoms with Gasteiger partial charge in [0.05, 0.1) is 5.69 Å². The first-order valence-corrected chi connectivity index (χ1v) is 5.72. The highest BCUT2D eigenvalue weighted by Crippen LogP contribution is 2.27. The van der Waals surface area contributed by atoms with Crippen LogP contribution in [0, 0.1) is 0 Å². The minimum Gasteiger partial charge on any atom is -0.323 e. The highest BCUT2D eigenvalue weighted by Gasteiger charge is 2.45. The topological polar surface area (TPSA) is 49.4 Å². The Morgan fingerprint density at radius 2 is 1.88 bits per heavy atom. The largest absolute Gasteiger partial charge is 0.329 e. The lowest BCUT2D eigenvalue weighted by Gasteiger charge is -2.18. The summed E-state index contributed by atoms with van der Waals surface area (Å²) in [4.78, 5) is 25.2. The molecule has 1 saturated heterocycles. The van der Waals surface area contributed by atoms with E-state index in [1.807, 2.05) is 25.1 Å². The second-order valence-electron chi connectivity index (χ2n) is 4.68. The van der Waals surface area contributed by atoms with E-state index in [0.29, 0.717) is 5.69 Å². The van der Waals surface area contributed by atoms with Gasteiger partial charge in [-0.05, 0) is 31.9 Å². The number of rotatable bonds is 2. The Kier molecular flexibility index (Phi) is 2.65. The third-order valence-electron chi connectivity index (χ3n) is 2.97. The zero-order chi connectivity index (χ0) is 12.6. The Bertz CT molecular complexity index is 480. The van der Waals surface area contributed by atoms with Crippen molar-refractivity contribution in [2.24, 2.45) is 0 Å². The van der Waals surface area contributed by atoms with Gasteiger partial charge in [0.15, 0.2) is 0 Å². The second-order valence-corrected chi connectivity index (χ2v) is 4.68. The Morgan fingerprint density at radius 1 is 1.24 bits per heavy atom. The van der Waals surface area contributed by atoms with Gasteiger partial charge in [-0.3, -0.25) is 4.79 Å². The maximum absolute atomic E-state index is 12.1. The number of nitrogens with zero attached hydrogens (tertiary/aromatic N) is 1. The third-order valence-corrected chi connectivity index (χ3v) is 2.97. The van der Waals surface area contributed by atoms with E-state index >= 15 is 0 Å². The molecule has 2 rings (SSSR count). The van der Waals surface area contributed by atoms with Crippen LogP contribution in [0.15, 0.2) is 24.3 Å². The summed E-state index contributed by atoms with van der Waals surface area (Å²) in [6, 6.07) is 7.13. The van der Waals surface area contributed by atoms with E-state index in [4.69, 9.17) is 0 Å². The van der Waals surface area contributed by atoms with Crippen molar-refractivity contribution in [3.63, 3.8) is 0 Å². The Morgan fingerprint density at radius 3 is 2.41 bits per heavy atom. The summed E-state index contributed by atoms with van der Waals surface area (Å²) in [6.07, 6.45) is 0.785. The van der Waals surface area contributed by atoms with Crippen LogP contribution in [0.5, 0.6) is 0 Å². The van der Waals surface area contributed by atoms with E-state index in [-0.39, 0.29) is 11.9 Å². The average Bonchev–Trinajstić information content (AvgIpc) is 2.48. The summed E-state index contributed by atoms with van der Waals surface area (Å²) in [5.41, 5.74) is 0.856. The summed E-state index contributed by atoms with van der Waals surface area (Å²) in [5.74, 6) is -0.205. The summed E-state index contributed by atoms with van der Waals surface area (Å²) >= 11 is 0. The first-order chi connectivity index (χ1) is 7.97. The van der Waals surface area contributed by atoms with Crippen LogP contribution in [0.2, 0.25) is 0 Å². The molecule has 1 N–H and O–H groups in total. The molecule has 0 aromatic heterocycles. The number of hydrogen-bond donors (Lipinski definition) is 1. The fraction of sp³-hybridized carbons (Fsp3) is 0.385. The molecule has 0 spiro atoms. The first kappa shape index (κ1) is 11.6. The molecule has 1 aliphatic heterocycles. The molecule has 0 unspecified atom stereocenters. The summed E-state index contributed by atoms with van der Waals surface area (Å²) in [5, 5.41) is 2.68. The lowest BCUT2D eigenvalue weighted by molar-refractivity contribution is -0.121. The normalized spacial score (nSPS) is 18.4. The number of carbonyl (C=O) groups excluding carboxylic acids is 2. The van der Waals surface area contributed by atoms with E-state index in [0.717, 1.165) is 12.0 Å². The van der Waals surface area contributed by atoms with Crippen molar-refractivity contribution in [1.82, 2.24) is 5.32 Å². The fourth-order valence-electron chi connectivity index (χ4n) is 2.00. The summed E-state index contributed by atoms with van der Waals surface area (Å²) in [6.45, 7) is 5.42. The second kappa shape index (κ2) is 3.87. The van der Waals surface area contributed by atoms with Crippen LogP contribution >= 0.6 is 0 Å². The smallest absolute Gasteiger partial charge is 0.323 e. The van der Waals surface area contributed by atoms with E-state index in [9.17, 15) is 9.59 Å². The number of imide groups is 1. The first-order valence-electron chi connectivity index (χ1n) is 5.72. The SMILES string of the molecule is CCc1ccccc1N1C(=O)NC(C)(C)C1=O. The van der Waals surface area contributed by atoms with Crippen LogP contribution in [0.25, 0.3) is 0 Å². The molecule has 0 aliphatic carbocycles. The van der Waals surface area contributed by atoms with E-state index in [2.05, 4.69) is 5.32 Å². The maximum atomic E-state index is 12.1. The number of hydrogen-bond acceptors (Lipinski definition) is 2. The lowest BCUT2D eigenvalue weighted by atomic mass is 10.1. The number of carbonyl (C=O) groups is 2. The number of nitrogens with one attached hydrogen (secondary N) is 1. The summed E-state index contributed by atoms with van der Waals surface area (Å²) in [7, 11) is 0. The molecule has 0 radical (unpaired) electrons. The van der Waals surface area contributed by atoms with Gasteiger partial charge < -0.3 is 5.32 Å². The number of anilines is 1. The number of amides is 3. The molecule has 90 valence electrons. The van der Waals surface area contributed by atoms with Crippen molar-refractivity contribution in [1.29, 1.82) is 0 Å². The van der Waals surface area contributed by atoms with Crippen LogP contribution in [0.4, 0.5) is 10.5 Å². The monoisotopic (exact) mass is 232 g/mol. The zero-order valence-corrected chi connectivity index (χ0v) is 10.3. The third kappa shape index (κ3) is 1.79. The van der Waals surface area contributed by atoms with Gasteiger partial charge in [0.2, 0.25) is 0 Å². The number of para-hydroxylation sites is 1. The van der Waals surface area contributed by atoms with Crippen molar-refractivity contribution in [3.8, 4) is 0 Å². The van der Waals surface area contributed by atoms with Gasteiger partial charge in [0, 0.05) is 0 Å². The predicted octanol–water partition coefficient (Wildman–Crippen LogP) is 2.08. The molecule has 1 heterocycles. The molecule has 1 aromatic carbocycles. The van der Waals surface area contributed by atoms with Crippen LogP contribution in [-0.2, 0) is 11.2 Å². The molecule has 3 amide bonds. The molecule has 17 heavy (non-hydrogen) atoms. The van der Waals surface area contributed by atoms with Gasteiger partial charge in [-0.1, -0.05) is 25.1 Å². The van der Waals surface area contributed by atoms with Crippen molar-refractivity contribution < 1.29 is 9.59 Å². The van der Waals surface area contributed by atoms with E-state index in [1.54, 1.807) is 19.9 Å². The summed E-state index contributed by atoms with van der Waals surface area (Å²) < 4.78 is 0. The quantitative estimate of drug-likeness (QED) is 0.794. The Balaban J connectivity index is 2.47. The molecule has 4 nitrogen and oxygen atoms in total. The van der Waals surface area contributed by atoms with Gasteiger partial charge in [-0.2, -0.15) is 0 Å². The Labute approximate surface area is 101 Å². The molecule has 1 aliphatic rings. The van der Waals surface area contributed by atoms with E-state index < -0.39 is 5.54 Å². The molecule has 1 aromatic rings. The van der Waals surface area contributed by atoms with Gasteiger partial charge in [0.1, 0.15) is 5.54 Å². The molecular weight excluding hydrogens is 216 g/mol. The lowest BCUT2D eigenvalue weighted by Crippen LogP contribution is -2.40. The molecule has 0 atom stereocenters. The zero-order valence-electron chi connectivity index (χ0n) is 10.3. The fourth-order valence-corrected chi connectivity index (χ4v) is 2.00. The predicted molar refractivity (Wildman–Crippen MR) is 65.9 cm³/mol. The Hall–Kier alpha value is -1.84. The standard InChI is InChI=1S/C13H16N2O2/c1-4-9-7-5-6-8-10(9)15-11(16)13(2,3)14-12(15)17/h5-8H,4H2,1-3H3,(H,14,17). The van der Waals surface area contributed by atoms with Gasteiger partial charge in [-0.15, -0.1) is 0 Å². The molecule has 4 heteroatoms. The number of aryl methyl sites for hydroxylation is 1.